The second-order valence-electron chi connectivity index (χ2n) is 4.52. The third-order valence-electron chi connectivity index (χ3n) is 2.69. The van der Waals surface area contributed by atoms with Gasteiger partial charge in [0.2, 0.25) is 5.88 Å². The van der Waals surface area contributed by atoms with E-state index < -0.39 is 14.0 Å². The first kappa shape index (κ1) is 19.6. The van der Waals surface area contributed by atoms with Gasteiger partial charge < -0.3 is 10.1 Å². The highest BCUT2D eigenvalue weighted by molar-refractivity contribution is 8.27. The van der Waals surface area contributed by atoms with Gasteiger partial charge in [-0.1, -0.05) is 0 Å². The summed E-state index contributed by atoms with van der Waals surface area (Å²) >= 11 is 4.17. The molecule has 0 fully saturated rings. The lowest BCUT2D eigenvalue weighted by molar-refractivity contribution is -0.385. The van der Waals surface area contributed by atoms with Crippen LogP contribution in [0, 0.1) is 10.1 Å². The summed E-state index contributed by atoms with van der Waals surface area (Å²) in [4.78, 5) is 13.8. The van der Waals surface area contributed by atoms with Crippen molar-refractivity contribution in [2.24, 2.45) is 0 Å². The molecule has 0 saturated heterocycles. The summed E-state index contributed by atoms with van der Waals surface area (Å²) in [5.41, 5.74) is -0.0690. The van der Waals surface area contributed by atoms with Crippen molar-refractivity contribution >= 4 is 25.9 Å². The molecule has 1 unspecified atom stereocenters. The average molecular weight is 365 g/mol. The summed E-state index contributed by atoms with van der Waals surface area (Å²) in [6, 6.07) is 2.82. The minimum atomic E-state index is -3.53. The van der Waals surface area contributed by atoms with Gasteiger partial charge in [0.25, 0.3) is 14.7 Å². The number of pyridine rings is 1. The highest BCUT2D eigenvalue weighted by atomic mass is 32.9. The molecule has 1 aromatic heterocycles. The maximum Gasteiger partial charge on any atom is 0.287 e. The second-order valence-corrected chi connectivity index (χ2v) is 6.88. The minimum Gasteiger partial charge on any atom is -0.478 e. The summed E-state index contributed by atoms with van der Waals surface area (Å²) < 4.78 is 29.2. The molecule has 0 aliphatic carbocycles. The molecule has 0 amide bonds. The highest BCUT2D eigenvalue weighted by Crippen LogP contribution is 2.13. The maximum atomic E-state index is 10.6. The molecule has 1 atom stereocenters. The van der Waals surface area contributed by atoms with Gasteiger partial charge in [0.05, 0.1) is 18.1 Å². The van der Waals surface area contributed by atoms with Gasteiger partial charge in [-0.25, -0.2) is 4.98 Å². The average Bonchev–Trinajstić information content (AvgIpc) is 2.48. The van der Waals surface area contributed by atoms with E-state index in [4.69, 9.17) is 9.29 Å². The van der Waals surface area contributed by atoms with Crippen LogP contribution in [0.4, 0.5) is 5.69 Å². The highest BCUT2D eigenvalue weighted by Gasteiger charge is 2.05. The summed E-state index contributed by atoms with van der Waals surface area (Å²) in [5.74, 6) is 0.363. The quantitative estimate of drug-likeness (QED) is 0.320. The molecule has 11 heteroatoms. The van der Waals surface area contributed by atoms with Gasteiger partial charge in [0.15, 0.2) is 0 Å². The van der Waals surface area contributed by atoms with Crippen LogP contribution in [0.1, 0.15) is 19.3 Å². The van der Waals surface area contributed by atoms with Crippen LogP contribution in [0.2, 0.25) is 0 Å². The lowest BCUT2D eigenvalue weighted by Gasteiger charge is -2.06. The smallest absolute Gasteiger partial charge is 0.287 e. The summed E-state index contributed by atoms with van der Waals surface area (Å²) in [5, 5.41) is 13.5. The summed E-state index contributed by atoms with van der Waals surface area (Å²) in [6.07, 6.45) is 3.83. The van der Waals surface area contributed by atoms with Crippen LogP contribution in [0.25, 0.3) is 0 Å². The third kappa shape index (κ3) is 10.1. The Kier molecular flexibility index (Phi) is 8.87. The molecule has 9 nitrogen and oxygen atoms in total. The zero-order valence-electron chi connectivity index (χ0n) is 12.4. The van der Waals surface area contributed by atoms with E-state index in [0.29, 0.717) is 19.0 Å². The number of ether oxygens (including phenoxy) is 1. The fraction of sp³-hybridized carbons (Fsp3) is 0.583. The Balaban J connectivity index is 1.98. The number of nitro groups is 1. The monoisotopic (exact) mass is 365 g/mol. The molecule has 0 aromatic carbocycles. The lowest BCUT2D eigenvalue weighted by Crippen LogP contribution is -2.22. The summed E-state index contributed by atoms with van der Waals surface area (Å²) in [6.45, 7) is 1.78. The molecule has 0 bridgehead atoms. The van der Waals surface area contributed by atoms with Crippen LogP contribution in [0.5, 0.6) is 5.88 Å². The molecule has 0 saturated carbocycles. The number of nitrogens with one attached hydrogen (secondary N) is 1. The number of hydrogen-bond acceptors (Lipinski definition) is 8. The maximum absolute atomic E-state index is 10.6. The van der Waals surface area contributed by atoms with Gasteiger partial charge in [-0.15, -0.1) is 0 Å². The fourth-order valence-electron chi connectivity index (χ4n) is 1.62. The van der Waals surface area contributed by atoms with Crippen LogP contribution in [-0.4, -0.2) is 45.0 Å². The Morgan fingerprint density at radius 1 is 1.30 bits per heavy atom. The number of hydrogen-bond donors (Lipinski definition) is 2. The van der Waals surface area contributed by atoms with Crippen LogP contribution < -0.4 is 10.1 Å². The largest absolute Gasteiger partial charge is 0.478 e. The number of nitrogens with zero attached hydrogens (tertiary/aromatic N) is 2. The van der Waals surface area contributed by atoms with Crippen molar-refractivity contribution in [3.05, 3.63) is 28.4 Å². The first-order valence-corrected chi connectivity index (χ1v) is 9.31. The zero-order chi connectivity index (χ0) is 17.1. The van der Waals surface area contributed by atoms with Crippen molar-refractivity contribution < 1.29 is 22.6 Å². The van der Waals surface area contributed by atoms with Gasteiger partial charge in [0, 0.05) is 29.9 Å². The molecule has 1 heterocycles. The molecule has 0 aliphatic heterocycles. The Hall–Kier alpha value is -1.40. The van der Waals surface area contributed by atoms with Gasteiger partial charge in [0.1, 0.15) is 6.20 Å². The van der Waals surface area contributed by atoms with Gasteiger partial charge in [-0.3, -0.25) is 18.9 Å². The molecular weight excluding hydrogens is 346 g/mol. The van der Waals surface area contributed by atoms with Crippen molar-refractivity contribution in [2.45, 2.75) is 19.3 Å². The lowest BCUT2D eigenvalue weighted by atomic mass is 10.2. The van der Waals surface area contributed by atoms with Crippen molar-refractivity contribution in [3.63, 3.8) is 0 Å². The predicted molar refractivity (Wildman–Crippen MR) is 87.2 cm³/mol. The first-order valence-electron chi connectivity index (χ1n) is 6.94. The molecule has 23 heavy (non-hydrogen) atoms. The molecule has 0 spiro atoms. The van der Waals surface area contributed by atoms with E-state index in [2.05, 4.69) is 25.7 Å². The van der Waals surface area contributed by atoms with Crippen molar-refractivity contribution in [1.29, 1.82) is 0 Å². The second kappa shape index (κ2) is 10.4. The first-order chi connectivity index (χ1) is 10.9. The minimum absolute atomic E-state index is 0.0690. The van der Waals surface area contributed by atoms with Gasteiger partial charge in [-0.2, -0.15) is 4.21 Å². The predicted octanol–water partition coefficient (Wildman–Crippen LogP) is 1.28. The van der Waals surface area contributed by atoms with E-state index >= 15 is 0 Å². The Bertz CT molecular complexity index is 579. The van der Waals surface area contributed by atoms with Crippen LogP contribution in [0.15, 0.2) is 18.3 Å². The van der Waals surface area contributed by atoms with E-state index in [0.717, 1.165) is 32.0 Å². The van der Waals surface area contributed by atoms with Crippen molar-refractivity contribution in [2.75, 3.05) is 26.3 Å². The van der Waals surface area contributed by atoms with Crippen LogP contribution in [0.3, 0.4) is 0 Å². The normalized spacial score (nSPS) is 13.4. The molecule has 0 aliphatic rings. The Morgan fingerprint density at radius 2 is 2.09 bits per heavy atom. The van der Waals surface area contributed by atoms with Crippen LogP contribution >= 0.6 is 0 Å². The Labute approximate surface area is 139 Å². The number of aromatic nitrogens is 1. The van der Waals surface area contributed by atoms with Gasteiger partial charge in [-0.05, 0) is 25.8 Å². The standard InChI is InChI=1S/C12H19N3O6S2/c16-15(17)11-4-5-12(14-10-11)20-8-3-1-2-6-13-7-9-21-23(18,19)22/h4-5,10,13H,1-3,6-9H2,(H,18,19,22). The topological polar surface area (TPSA) is 124 Å². The van der Waals surface area contributed by atoms with E-state index in [1.54, 1.807) is 0 Å². The Morgan fingerprint density at radius 3 is 2.70 bits per heavy atom. The molecule has 1 aromatic rings. The van der Waals surface area contributed by atoms with E-state index in [-0.39, 0.29) is 12.3 Å². The van der Waals surface area contributed by atoms with Gasteiger partial charge >= 0.3 is 0 Å². The van der Waals surface area contributed by atoms with Crippen molar-refractivity contribution in [1.82, 2.24) is 10.3 Å². The van der Waals surface area contributed by atoms with E-state index in [9.17, 15) is 14.3 Å². The molecule has 0 radical (unpaired) electrons. The molecule has 2 N–H and O–H groups in total. The van der Waals surface area contributed by atoms with E-state index in [1.165, 1.54) is 12.1 Å². The van der Waals surface area contributed by atoms with E-state index in [1.807, 2.05) is 0 Å². The number of unbranched alkanes of at least 4 members (excludes halogenated alkanes) is 2. The molecular formula is C12H19N3O6S2. The van der Waals surface area contributed by atoms with Crippen LogP contribution in [-0.2, 0) is 24.4 Å². The summed E-state index contributed by atoms with van der Waals surface area (Å²) in [7, 11) is -3.53. The number of rotatable bonds is 12. The molecule has 1 rings (SSSR count). The third-order valence-corrected chi connectivity index (χ3v) is 3.44. The fourth-order valence-corrected chi connectivity index (χ4v) is 2.11. The SMILES string of the molecule is O=[N+]([O-])c1ccc(OCCCCCNCCOS(=O)(O)=S)nc1. The molecule has 130 valence electrons. The van der Waals surface area contributed by atoms with Crippen molar-refractivity contribution in [3.8, 4) is 5.88 Å². The zero-order valence-corrected chi connectivity index (χ0v) is 14.0.